The summed E-state index contributed by atoms with van der Waals surface area (Å²) in [6.45, 7) is 0. The molecule has 0 aromatic heterocycles. The fraction of sp³-hybridized carbons (Fsp3) is 0.111. The summed E-state index contributed by atoms with van der Waals surface area (Å²) in [7, 11) is 0. The van der Waals surface area contributed by atoms with Crippen molar-refractivity contribution in [3.63, 3.8) is 0 Å². The molecule has 0 aliphatic rings. The van der Waals surface area contributed by atoms with Crippen LogP contribution in [-0.4, -0.2) is 10.2 Å². The van der Waals surface area contributed by atoms with E-state index in [1.165, 1.54) is 0 Å². The average molecular weight is 279 g/mol. The summed E-state index contributed by atoms with van der Waals surface area (Å²) in [6, 6.07) is 1.98. The molecule has 0 aliphatic heterocycles. The number of rotatable bonds is 2. The highest BCUT2D eigenvalue weighted by Gasteiger charge is 2.39. The highest BCUT2D eigenvalue weighted by atomic mass is 35.5. The molecule has 0 bridgehead atoms. The van der Waals surface area contributed by atoms with Crippen LogP contribution in [0.4, 0.5) is 18.9 Å². The van der Waals surface area contributed by atoms with Gasteiger partial charge < -0.3 is 0 Å². The van der Waals surface area contributed by atoms with Crippen molar-refractivity contribution in [2.75, 3.05) is 0 Å². The molecule has 0 unspecified atom stereocenters. The van der Waals surface area contributed by atoms with Crippen LogP contribution in [0.1, 0.15) is 21.5 Å². The molecule has 0 aliphatic carbocycles. The number of nitriles is 1. The van der Waals surface area contributed by atoms with Crippen LogP contribution in [0.3, 0.4) is 0 Å². The van der Waals surface area contributed by atoms with E-state index in [-0.39, 0.29) is 0 Å². The molecule has 1 aromatic rings. The van der Waals surface area contributed by atoms with Crippen molar-refractivity contribution in [2.45, 2.75) is 6.18 Å². The second kappa shape index (κ2) is 4.62. The number of hydrogen-bond donors (Lipinski definition) is 0. The number of carbonyl (C=O) groups is 1. The van der Waals surface area contributed by atoms with Gasteiger partial charge in [-0.2, -0.15) is 18.4 Å². The van der Waals surface area contributed by atoms with Gasteiger partial charge in [0.25, 0.3) is 10.9 Å². The number of nitro groups is 1. The van der Waals surface area contributed by atoms with E-state index >= 15 is 0 Å². The van der Waals surface area contributed by atoms with Crippen LogP contribution in [0.15, 0.2) is 12.1 Å². The zero-order valence-corrected chi connectivity index (χ0v) is 9.04. The number of benzene rings is 1. The fourth-order valence-corrected chi connectivity index (χ4v) is 1.43. The Hall–Kier alpha value is -2.14. The van der Waals surface area contributed by atoms with E-state index in [4.69, 9.17) is 16.9 Å². The molecule has 0 atom stereocenters. The smallest absolute Gasteiger partial charge is 0.276 e. The number of alkyl halides is 3. The molecule has 0 saturated carbocycles. The van der Waals surface area contributed by atoms with Crippen LogP contribution < -0.4 is 0 Å². The maximum Gasteiger partial charge on any atom is 0.418 e. The maximum absolute atomic E-state index is 12.7. The summed E-state index contributed by atoms with van der Waals surface area (Å²) in [4.78, 5) is 20.3. The highest BCUT2D eigenvalue weighted by molar-refractivity contribution is 6.68. The number of nitro benzene ring substituents is 1. The molecule has 0 heterocycles. The highest BCUT2D eigenvalue weighted by Crippen LogP contribution is 2.37. The van der Waals surface area contributed by atoms with Gasteiger partial charge in [-0.1, -0.05) is 0 Å². The van der Waals surface area contributed by atoms with Gasteiger partial charge >= 0.3 is 6.18 Å². The molecular weight excluding hydrogens is 277 g/mol. The average Bonchev–Trinajstić information content (AvgIpc) is 2.25. The van der Waals surface area contributed by atoms with Gasteiger partial charge in [-0.3, -0.25) is 14.9 Å². The predicted octanol–water partition coefficient (Wildman–Crippen LogP) is 2.86. The first-order valence-electron chi connectivity index (χ1n) is 4.18. The summed E-state index contributed by atoms with van der Waals surface area (Å²) < 4.78 is 38.0. The molecule has 0 N–H and O–H groups in total. The van der Waals surface area contributed by atoms with Gasteiger partial charge in [0.05, 0.1) is 21.6 Å². The van der Waals surface area contributed by atoms with Gasteiger partial charge in [-0.15, -0.1) is 0 Å². The first-order valence-corrected chi connectivity index (χ1v) is 4.56. The first kappa shape index (κ1) is 13.9. The Balaban J connectivity index is 3.75. The molecule has 5 nitrogen and oxygen atoms in total. The van der Waals surface area contributed by atoms with E-state index in [1.54, 1.807) is 0 Å². The third-order valence-electron chi connectivity index (χ3n) is 1.95. The Morgan fingerprint density at radius 1 is 1.44 bits per heavy atom. The van der Waals surface area contributed by atoms with Crippen LogP contribution in [0, 0.1) is 21.4 Å². The Labute approximate surface area is 103 Å². The number of carbonyl (C=O) groups excluding carboxylic acids is 1. The first-order chi connectivity index (χ1) is 8.18. The Morgan fingerprint density at radius 2 is 2.00 bits per heavy atom. The van der Waals surface area contributed by atoms with E-state index in [0.29, 0.717) is 12.1 Å². The molecule has 0 saturated heterocycles. The second-order valence-corrected chi connectivity index (χ2v) is 3.40. The molecule has 0 fully saturated rings. The largest absolute Gasteiger partial charge is 0.418 e. The molecule has 0 spiro atoms. The number of non-ortho nitro benzene ring substituents is 1. The minimum atomic E-state index is -5.01. The molecule has 18 heavy (non-hydrogen) atoms. The zero-order valence-electron chi connectivity index (χ0n) is 8.29. The lowest BCUT2D eigenvalue weighted by Gasteiger charge is -2.11. The Kier molecular flexibility index (Phi) is 3.57. The third-order valence-corrected chi connectivity index (χ3v) is 2.15. The zero-order chi connectivity index (χ0) is 14.1. The number of nitrogens with zero attached hydrogens (tertiary/aromatic N) is 2. The lowest BCUT2D eigenvalue weighted by Crippen LogP contribution is -2.14. The van der Waals surface area contributed by atoms with Crippen LogP contribution in [0.2, 0.25) is 0 Å². The number of halogens is 4. The molecule has 1 aromatic carbocycles. The van der Waals surface area contributed by atoms with E-state index in [9.17, 15) is 28.1 Å². The summed E-state index contributed by atoms with van der Waals surface area (Å²) in [5.41, 5.74) is -4.53. The lowest BCUT2D eigenvalue weighted by molar-refractivity contribution is -0.384. The topological polar surface area (TPSA) is 84.0 Å². The molecular formula is C9H2ClF3N2O3. The number of hydrogen-bond acceptors (Lipinski definition) is 4. The summed E-state index contributed by atoms with van der Waals surface area (Å²) in [6.07, 6.45) is -5.01. The monoisotopic (exact) mass is 278 g/mol. The van der Waals surface area contributed by atoms with Gasteiger partial charge in [0.2, 0.25) is 0 Å². The van der Waals surface area contributed by atoms with Crippen molar-refractivity contribution in [3.05, 3.63) is 38.9 Å². The molecule has 94 valence electrons. The SMILES string of the molecule is N#Cc1cc([N+](=O)[O-])cc(C(=O)Cl)c1C(F)(F)F. The van der Waals surface area contributed by atoms with Gasteiger partial charge in [0.15, 0.2) is 0 Å². The van der Waals surface area contributed by atoms with Crippen molar-refractivity contribution in [1.29, 1.82) is 5.26 Å². The molecule has 0 radical (unpaired) electrons. The normalized spacial score (nSPS) is 10.8. The maximum atomic E-state index is 12.7. The van der Waals surface area contributed by atoms with Crippen molar-refractivity contribution in [3.8, 4) is 6.07 Å². The van der Waals surface area contributed by atoms with Crippen LogP contribution >= 0.6 is 11.6 Å². The van der Waals surface area contributed by atoms with Crippen molar-refractivity contribution in [2.24, 2.45) is 0 Å². The van der Waals surface area contributed by atoms with E-state index in [1.807, 2.05) is 0 Å². The Morgan fingerprint density at radius 3 is 2.33 bits per heavy atom. The van der Waals surface area contributed by atoms with Gasteiger partial charge in [0, 0.05) is 12.1 Å². The Bertz CT molecular complexity index is 578. The van der Waals surface area contributed by atoms with Gasteiger partial charge in [0.1, 0.15) is 6.07 Å². The van der Waals surface area contributed by atoms with E-state index in [2.05, 4.69) is 0 Å². The van der Waals surface area contributed by atoms with Crippen LogP contribution in [0.5, 0.6) is 0 Å². The second-order valence-electron chi connectivity index (χ2n) is 3.06. The van der Waals surface area contributed by atoms with E-state index < -0.39 is 38.7 Å². The summed E-state index contributed by atoms with van der Waals surface area (Å²) in [5.74, 6) is 0. The van der Waals surface area contributed by atoms with Gasteiger partial charge in [-0.05, 0) is 11.6 Å². The third kappa shape index (κ3) is 2.57. The minimum Gasteiger partial charge on any atom is -0.276 e. The van der Waals surface area contributed by atoms with Crippen molar-refractivity contribution >= 4 is 22.5 Å². The summed E-state index contributed by atoms with van der Waals surface area (Å²) >= 11 is 4.95. The predicted molar refractivity (Wildman–Crippen MR) is 53.0 cm³/mol. The molecule has 0 amide bonds. The van der Waals surface area contributed by atoms with Crippen LogP contribution in [-0.2, 0) is 6.18 Å². The molecule has 1 rings (SSSR count). The van der Waals surface area contributed by atoms with Crippen molar-refractivity contribution < 1.29 is 22.9 Å². The van der Waals surface area contributed by atoms with Crippen LogP contribution in [0.25, 0.3) is 0 Å². The molecule has 9 heteroatoms. The lowest BCUT2D eigenvalue weighted by atomic mass is 10.0. The van der Waals surface area contributed by atoms with Gasteiger partial charge in [-0.25, -0.2) is 0 Å². The standard InChI is InChI=1S/C9H2ClF3N2O3/c10-8(16)6-2-5(15(17)18)1-4(3-14)7(6)9(11,12)13/h1-2H. The van der Waals surface area contributed by atoms with E-state index in [0.717, 1.165) is 6.07 Å². The summed E-state index contributed by atoms with van der Waals surface area (Å²) in [5, 5.41) is 17.5. The quantitative estimate of drug-likeness (QED) is 0.473. The van der Waals surface area contributed by atoms with Crippen molar-refractivity contribution in [1.82, 2.24) is 0 Å². The minimum absolute atomic E-state index is 0.388. The fourth-order valence-electron chi connectivity index (χ4n) is 1.28.